The quantitative estimate of drug-likeness (QED) is 0.626. The molecule has 2 bridgehead atoms. The molecule has 150 valence electrons. The number of rotatable bonds is 7. The lowest BCUT2D eigenvalue weighted by Gasteiger charge is -2.28. The van der Waals surface area contributed by atoms with Crippen LogP contribution in [0.15, 0.2) is 22.5 Å². The number of amides is 1. The van der Waals surface area contributed by atoms with Crippen LogP contribution in [-0.2, 0) is 4.79 Å². The third-order valence-corrected chi connectivity index (χ3v) is 8.38. The number of hydrogen-bond acceptors (Lipinski definition) is 6. The number of nitrogens with zero attached hydrogens (tertiary/aromatic N) is 2. The van der Waals surface area contributed by atoms with Crippen molar-refractivity contribution in [3.05, 3.63) is 29.3 Å². The van der Waals surface area contributed by atoms with Gasteiger partial charge in [0.25, 0.3) is 0 Å². The summed E-state index contributed by atoms with van der Waals surface area (Å²) in [5.41, 5.74) is 3.50. The summed E-state index contributed by atoms with van der Waals surface area (Å²) in [6.07, 6.45) is 5.42. The second kappa shape index (κ2) is 8.41. The molecule has 0 saturated heterocycles. The number of hydrogen-bond donors (Lipinski definition) is 2. The molecular formula is C21H28N4OS2. The molecule has 4 atom stereocenters. The van der Waals surface area contributed by atoms with E-state index in [1.54, 1.807) is 0 Å². The molecule has 2 N–H and O–H groups in total. The van der Waals surface area contributed by atoms with Crippen molar-refractivity contribution in [3.63, 3.8) is 0 Å². The van der Waals surface area contributed by atoms with E-state index >= 15 is 0 Å². The second-order valence-electron chi connectivity index (χ2n) is 8.23. The zero-order valence-electron chi connectivity index (χ0n) is 16.7. The fourth-order valence-electron chi connectivity index (χ4n) is 4.76. The van der Waals surface area contributed by atoms with E-state index < -0.39 is 0 Å². The maximum atomic E-state index is 12.4. The van der Waals surface area contributed by atoms with Crippen LogP contribution >= 0.6 is 23.1 Å². The van der Waals surface area contributed by atoms with E-state index in [-0.39, 0.29) is 11.9 Å². The summed E-state index contributed by atoms with van der Waals surface area (Å²) in [5.74, 6) is 2.90. The summed E-state index contributed by atoms with van der Waals surface area (Å²) in [4.78, 5) is 12.4. The number of carbonyl (C=O) groups excluding carboxylic acids is 1. The second-order valence-corrected chi connectivity index (χ2v) is 10.4. The summed E-state index contributed by atoms with van der Waals surface area (Å²) in [7, 11) is 0. The van der Waals surface area contributed by atoms with Crippen LogP contribution in [0.4, 0.5) is 10.8 Å². The summed E-state index contributed by atoms with van der Waals surface area (Å²) < 4.78 is 0.815. The molecule has 0 spiro atoms. The predicted molar refractivity (Wildman–Crippen MR) is 116 cm³/mol. The summed E-state index contributed by atoms with van der Waals surface area (Å²) >= 11 is 2.95. The van der Waals surface area contributed by atoms with Gasteiger partial charge in [0, 0.05) is 11.7 Å². The third-order valence-electron chi connectivity index (χ3n) is 6.40. The molecule has 4 unspecified atom stereocenters. The SMILES string of the molecule is Cc1cccc(Nc2nnc(SCC(=O)NC(C)C3CC4CCC3C4)s2)c1C. The highest BCUT2D eigenvalue weighted by Crippen LogP contribution is 2.49. The highest BCUT2D eigenvalue weighted by atomic mass is 32.2. The zero-order valence-corrected chi connectivity index (χ0v) is 18.3. The van der Waals surface area contributed by atoms with Crippen molar-refractivity contribution in [1.29, 1.82) is 0 Å². The molecule has 1 heterocycles. The molecule has 2 aliphatic carbocycles. The molecule has 1 aromatic carbocycles. The van der Waals surface area contributed by atoms with E-state index in [1.165, 1.54) is 59.9 Å². The van der Waals surface area contributed by atoms with Gasteiger partial charge in [-0.2, -0.15) is 0 Å². The summed E-state index contributed by atoms with van der Waals surface area (Å²) in [6, 6.07) is 6.45. The average Bonchev–Trinajstić information content (AvgIpc) is 3.41. The van der Waals surface area contributed by atoms with E-state index in [0.29, 0.717) is 11.7 Å². The maximum Gasteiger partial charge on any atom is 0.230 e. The van der Waals surface area contributed by atoms with Gasteiger partial charge in [-0.15, -0.1) is 10.2 Å². The Balaban J connectivity index is 1.26. The van der Waals surface area contributed by atoms with Crippen LogP contribution in [-0.4, -0.2) is 27.9 Å². The standard InChI is InChI=1S/C21H28N4OS2/c1-12-5-4-6-18(13(12)2)23-20-24-25-21(28-20)27-11-19(26)22-14(3)17-10-15-7-8-16(17)9-15/h4-6,14-17H,7-11H2,1-3H3,(H,22,26)(H,23,24). The normalized spacial score (nSPS) is 24.3. The van der Waals surface area contributed by atoms with Crippen LogP contribution in [0, 0.1) is 31.6 Å². The monoisotopic (exact) mass is 416 g/mol. The average molecular weight is 417 g/mol. The van der Waals surface area contributed by atoms with Crippen molar-refractivity contribution < 1.29 is 4.79 Å². The van der Waals surface area contributed by atoms with Gasteiger partial charge < -0.3 is 10.6 Å². The van der Waals surface area contributed by atoms with E-state index in [9.17, 15) is 4.79 Å². The minimum atomic E-state index is 0.0968. The van der Waals surface area contributed by atoms with Crippen molar-refractivity contribution in [1.82, 2.24) is 15.5 Å². The van der Waals surface area contributed by atoms with Gasteiger partial charge in [-0.25, -0.2) is 0 Å². The number of aromatic nitrogens is 2. The van der Waals surface area contributed by atoms with E-state index in [0.717, 1.165) is 27.0 Å². The zero-order chi connectivity index (χ0) is 19.7. The van der Waals surface area contributed by atoms with Gasteiger partial charge in [0.2, 0.25) is 11.0 Å². The molecule has 2 aliphatic rings. The number of aryl methyl sites for hydroxylation is 1. The van der Waals surface area contributed by atoms with Gasteiger partial charge in [-0.3, -0.25) is 4.79 Å². The van der Waals surface area contributed by atoms with Gasteiger partial charge in [0.05, 0.1) is 5.75 Å². The first-order valence-corrected chi connectivity index (χ1v) is 11.9. The van der Waals surface area contributed by atoms with Crippen LogP contribution in [0.5, 0.6) is 0 Å². The minimum Gasteiger partial charge on any atom is -0.353 e. The molecule has 2 saturated carbocycles. The number of nitrogens with one attached hydrogen (secondary N) is 2. The minimum absolute atomic E-state index is 0.0968. The van der Waals surface area contributed by atoms with E-state index in [1.807, 2.05) is 12.1 Å². The number of carbonyl (C=O) groups is 1. The molecule has 1 amide bonds. The van der Waals surface area contributed by atoms with Crippen LogP contribution < -0.4 is 10.6 Å². The largest absolute Gasteiger partial charge is 0.353 e. The smallest absolute Gasteiger partial charge is 0.230 e. The third kappa shape index (κ3) is 4.35. The number of benzene rings is 1. The molecule has 2 aromatic rings. The van der Waals surface area contributed by atoms with Crippen molar-refractivity contribution in [3.8, 4) is 0 Å². The van der Waals surface area contributed by atoms with Gasteiger partial charge >= 0.3 is 0 Å². The van der Waals surface area contributed by atoms with Crippen LogP contribution in [0.1, 0.15) is 43.7 Å². The van der Waals surface area contributed by atoms with Crippen molar-refractivity contribution in [2.75, 3.05) is 11.1 Å². The Morgan fingerprint density at radius 1 is 1.29 bits per heavy atom. The molecular weight excluding hydrogens is 388 g/mol. The lowest BCUT2D eigenvalue weighted by molar-refractivity contribution is -0.119. The molecule has 0 aliphatic heterocycles. The fraction of sp³-hybridized carbons (Fsp3) is 0.571. The molecule has 1 aromatic heterocycles. The molecule has 28 heavy (non-hydrogen) atoms. The first kappa shape index (κ1) is 19.7. The van der Waals surface area contributed by atoms with E-state index in [2.05, 4.69) is 47.7 Å². The lowest BCUT2D eigenvalue weighted by Crippen LogP contribution is -2.40. The Kier molecular flexibility index (Phi) is 5.92. The van der Waals surface area contributed by atoms with Gasteiger partial charge in [0.1, 0.15) is 0 Å². The Morgan fingerprint density at radius 2 is 2.14 bits per heavy atom. The Morgan fingerprint density at radius 3 is 2.89 bits per heavy atom. The van der Waals surface area contributed by atoms with Gasteiger partial charge in [-0.05, 0) is 75.0 Å². The summed E-state index contributed by atoms with van der Waals surface area (Å²) in [5, 5.41) is 15.7. The highest BCUT2D eigenvalue weighted by molar-refractivity contribution is 8.01. The van der Waals surface area contributed by atoms with E-state index in [4.69, 9.17) is 0 Å². The fourth-order valence-corrected chi connectivity index (χ4v) is 6.33. The highest BCUT2D eigenvalue weighted by Gasteiger charge is 2.42. The lowest BCUT2D eigenvalue weighted by atomic mass is 9.84. The molecule has 2 fully saturated rings. The van der Waals surface area contributed by atoms with Gasteiger partial charge in [-0.1, -0.05) is 41.7 Å². The molecule has 0 radical (unpaired) electrons. The number of fused-ring (bicyclic) bond motifs is 2. The Hall–Kier alpha value is -1.60. The van der Waals surface area contributed by atoms with Crippen molar-refractivity contribution >= 4 is 39.8 Å². The Labute approximate surface area is 175 Å². The number of thioether (sulfide) groups is 1. The first-order chi connectivity index (χ1) is 13.5. The maximum absolute atomic E-state index is 12.4. The molecule has 4 rings (SSSR count). The van der Waals surface area contributed by atoms with Crippen LogP contribution in [0.3, 0.4) is 0 Å². The molecule has 7 heteroatoms. The number of anilines is 2. The first-order valence-electron chi connectivity index (χ1n) is 10.1. The topological polar surface area (TPSA) is 66.9 Å². The van der Waals surface area contributed by atoms with Crippen molar-refractivity contribution in [2.45, 2.75) is 56.8 Å². The molecule has 5 nitrogen and oxygen atoms in total. The van der Waals surface area contributed by atoms with Crippen LogP contribution in [0.2, 0.25) is 0 Å². The van der Waals surface area contributed by atoms with Gasteiger partial charge in [0.15, 0.2) is 4.34 Å². The van der Waals surface area contributed by atoms with Crippen LogP contribution in [0.25, 0.3) is 0 Å². The van der Waals surface area contributed by atoms with Crippen molar-refractivity contribution in [2.24, 2.45) is 17.8 Å². The predicted octanol–water partition coefficient (Wildman–Crippen LogP) is 4.93. The Bertz CT molecular complexity index is 853. The summed E-state index contributed by atoms with van der Waals surface area (Å²) in [6.45, 7) is 6.36.